The standard InChI is InChI=1S/C8H7ClN2/c9-8-4-5-3-6(10)1-2-7(5)11-8/h1-3H,4,10H2. The Balaban J connectivity index is 2.52. The van der Waals surface area contributed by atoms with E-state index in [1.165, 1.54) is 0 Å². The number of benzene rings is 1. The maximum atomic E-state index is 5.74. The van der Waals surface area contributed by atoms with Crippen LogP contribution in [-0.4, -0.2) is 5.17 Å². The van der Waals surface area contributed by atoms with Crippen molar-refractivity contribution in [3.8, 4) is 0 Å². The number of hydrogen-bond acceptors (Lipinski definition) is 2. The summed E-state index contributed by atoms with van der Waals surface area (Å²) in [7, 11) is 0. The van der Waals surface area contributed by atoms with Crippen molar-refractivity contribution in [2.24, 2.45) is 4.99 Å². The fourth-order valence-electron chi connectivity index (χ4n) is 1.18. The molecule has 3 heteroatoms. The van der Waals surface area contributed by atoms with Gasteiger partial charge in [0.1, 0.15) is 5.17 Å². The Labute approximate surface area is 69.7 Å². The summed E-state index contributed by atoms with van der Waals surface area (Å²) in [6.07, 6.45) is 0.724. The smallest absolute Gasteiger partial charge is 0.111 e. The highest BCUT2D eigenvalue weighted by Crippen LogP contribution is 2.28. The minimum absolute atomic E-state index is 0.644. The molecule has 0 aliphatic carbocycles. The molecule has 0 atom stereocenters. The Hall–Kier alpha value is -1.02. The molecule has 56 valence electrons. The summed E-state index contributed by atoms with van der Waals surface area (Å²) >= 11 is 5.74. The van der Waals surface area contributed by atoms with E-state index in [0.29, 0.717) is 5.17 Å². The van der Waals surface area contributed by atoms with Crippen molar-refractivity contribution >= 4 is 28.1 Å². The van der Waals surface area contributed by atoms with E-state index in [9.17, 15) is 0 Å². The Morgan fingerprint density at radius 3 is 3.09 bits per heavy atom. The minimum atomic E-state index is 0.644. The highest BCUT2D eigenvalue weighted by molar-refractivity contribution is 6.66. The lowest BCUT2D eigenvalue weighted by molar-refractivity contribution is 1.41. The lowest BCUT2D eigenvalue weighted by Crippen LogP contribution is -1.88. The molecule has 2 rings (SSSR count). The second kappa shape index (κ2) is 2.24. The molecule has 0 amide bonds. The van der Waals surface area contributed by atoms with E-state index in [1.807, 2.05) is 18.2 Å². The van der Waals surface area contributed by atoms with E-state index in [0.717, 1.165) is 23.4 Å². The first-order chi connectivity index (χ1) is 5.25. The number of aliphatic imine (C=N–C) groups is 1. The summed E-state index contributed by atoms with van der Waals surface area (Å²) in [5.74, 6) is 0. The van der Waals surface area contributed by atoms with Crippen LogP contribution in [0, 0.1) is 0 Å². The average molecular weight is 167 g/mol. The van der Waals surface area contributed by atoms with Crippen molar-refractivity contribution in [2.45, 2.75) is 6.42 Å². The summed E-state index contributed by atoms with van der Waals surface area (Å²) in [4.78, 5) is 4.12. The van der Waals surface area contributed by atoms with Gasteiger partial charge < -0.3 is 5.73 Å². The van der Waals surface area contributed by atoms with Crippen molar-refractivity contribution in [2.75, 3.05) is 5.73 Å². The second-order valence-corrected chi connectivity index (χ2v) is 2.99. The maximum Gasteiger partial charge on any atom is 0.111 e. The Bertz CT molecular complexity index is 331. The van der Waals surface area contributed by atoms with Crippen LogP contribution in [0.25, 0.3) is 0 Å². The van der Waals surface area contributed by atoms with Crippen molar-refractivity contribution in [1.29, 1.82) is 0 Å². The number of anilines is 1. The Morgan fingerprint density at radius 1 is 1.45 bits per heavy atom. The molecular formula is C8H7ClN2. The molecule has 0 radical (unpaired) electrons. The van der Waals surface area contributed by atoms with Crippen LogP contribution in [0.4, 0.5) is 11.4 Å². The van der Waals surface area contributed by atoms with Gasteiger partial charge >= 0.3 is 0 Å². The van der Waals surface area contributed by atoms with Crippen LogP contribution in [0.3, 0.4) is 0 Å². The molecular weight excluding hydrogens is 160 g/mol. The second-order valence-electron chi connectivity index (χ2n) is 2.55. The number of rotatable bonds is 0. The number of nitrogens with zero attached hydrogens (tertiary/aromatic N) is 1. The molecule has 1 aromatic rings. The van der Waals surface area contributed by atoms with Gasteiger partial charge in [-0.2, -0.15) is 0 Å². The fourth-order valence-corrected chi connectivity index (χ4v) is 1.42. The first-order valence-electron chi connectivity index (χ1n) is 3.37. The van der Waals surface area contributed by atoms with Gasteiger partial charge in [0.15, 0.2) is 0 Å². The molecule has 1 aliphatic heterocycles. The molecule has 0 saturated heterocycles. The fraction of sp³-hybridized carbons (Fsp3) is 0.125. The van der Waals surface area contributed by atoms with Crippen LogP contribution < -0.4 is 5.73 Å². The van der Waals surface area contributed by atoms with Crippen LogP contribution in [0.5, 0.6) is 0 Å². The number of halogens is 1. The molecule has 0 spiro atoms. The summed E-state index contributed by atoms with van der Waals surface area (Å²) < 4.78 is 0. The summed E-state index contributed by atoms with van der Waals surface area (Å²) in [5, 5.41) is 0.644. The van der Waals surface area contributed by atoms with E-state index >= 15 is 0 Å². The molecule has 1 heterocycles. The molecule has 0 bridgehead atoms. The van der Waals surface area contributed by atoms with Gasteiger partial charge in [-0.1, -0.05) is 11.6 Å². The lowest BCUT2D eigenvalue weighted by Gasteiger charge is -1.96. The van der Waals surface area contributed by atoms with E-state index in [-0.39, 0.29) is 0 Å². The van der Waals surface area contributed by atoms with Crippen LogP contribution in [0.2, 0.25) is 0 Å². The highest BCUT2D eigenvalue weighted by atomic mass is 35.5. The van der Waals surface area contributed by atoms with Crippen LogP contribution in [0.1, 0.15) is 5.56 Å². The zero-order valence-corrected chi connectivity index (χ0v) is 6.60. The first-order valence-corrected chi connectivity index (χ1v) is 3.75. The zero-order chi connectivity index (χ0) is 7.84. The average Bonchev–Trinajstić information content (AvgIpc) is 2.27. The van der Waals surface area contributed by atoms with E-state index in [1.54, 1.807) is 0 Å². The highest BCUT2D eigenvalue weighted by Gasteiger charge is 2.11. The quantitative estimate of drug-likeness (QED) is 0.589. The van der Waals surface area contributed by atoms with Crippen molar-refractivity contribution in [3.63, 3.8) is 0 Å². The van der Waals surface area contributed by atoms with Crippen LogP contribution in [-0.2, 0) is 6.42 Å². The SMILES string of the molecule is Nc1ccc2c(c1)CC(Cl)=N2. The predicted octanol–water partition coefficient (Wildman–Crippen LogP) is 2.09. The molecule has 1 aliphatic rings. The minimum Gasteiger partial charge on any atom is -0.399 e. The van der Waals surface area contributed by atoms with E-state index < -0.39 is 0 Å². The predicted molar refractivity (Wildman–Crippen MR) is 47.5 cm³/mol. The third kappa shape index (κ3) is 1.10. The van der Waals surface area contributed by atoms with Gasteiger partial charge in [0, 0.05) is 12.1 Å². The van der Waals surface area contributed by atoms with Gasteiger partial charge in [-0.05, 0) is 23.8 Å². The molecule has 11 heavy (non-hydrogen) atoms. The molecule has 0 unspecified atom stereocenters. The van der Waals surface area contributed by atoms with Gasteiger partial charge in [-0.15, -0.1) is 0 Å². The zero-order valence-electron chi connectivity index (χ0n) is 5.84. The van der Waals surface area contributed by atoms with Gasteiger partial charge in [0.2, 0.25) is 0 Å². The normalized spacial score (nSPS) is 14.5. The Kier molecular flexibility index (Phi) is 1.36. The number of fused-ring (bicyclic) bond motifs is 1. The first kappa shape index (κ1) is 6.68. The largest absolute Gasteiger partial charge is 0.399 e. The number of hydrogen-bond donors (Lipinski definition) is 1. The third-order valence-electron chi connectivity index (χ3n) is 1.68. The summed E-state index contributed by atoms with van der Waals surface area (Å²) in [6, 6.07) is 5.63. The summed E-state index contributed by atoms with van der Waals surface area (Å²) in [6.45, 7) is 0. The van der Waals surface area contributed by atoms with Crippen LogP contribution in [0.15, 0.2) is 23.2 Å². The topological polar surface area (TPSA) is 38.4 Å². The molecule has 2 N–H and O–H groups in total. The molecule has 1 aromatic carbocycles. The monoisotopic (exact) mass is 166 g/mol. The van der Waals surface area contributed by atoms with Crippen molar-refractivity contribution in [3.05, 3.63) is 23.8 Å². The molecule has 0 aromatic heterocycles. The van der Waals surface area contributed by atoms with Crippen LogP contribution >= 0.6 is 11.6 Å². The van der Waals surface area contributed by atoms with E-state index in [2.05, 4.69) is 4.99 Å². The molecule has 2 nitrogen and oxygen atoms in total. The van der Waals surface area contributed by atoms with Crippen molar-refractivity contribution < 1.29 is 0 Å². The maximum absolute atomic E-state index is 5.74. The van der Waals surface area contributed by atoms with Gasteiger partial charge in [0.25, 0.3) is 0 Å². The van der Waals surface area contributed by atoms with E-state index in [4.69, 9.17) is 17.3 Å². The van der Waals surface area contributed by atoms with Gasteiger partial charge in [-0.3, -0.25) is 0 Å². The van der Waals surface area contributed by atoms with Gasteiger partial charge in [-0.25, -0.2) is 4.99 Å². The third-order valence-corrected chi connectivity index (χ3v) is 1.90. The number of nitrogens with two attached hydrogens (primary N) is 1. The summed E-state index contributed by atoms with van der Waals surface area (Å²) in [5.41, 5.74) is 8.42. The molecule has 0 fully saturated rings. The lowest BCUT2D eigenvalue weighted by atomic mass is 10.1. The molecule has 0 saturated carbocycles. The number of nitrogen functional groups attached to an aromatic ring is 1. The van der Waals surface area contributed by atoms with Crippen molar-refractivity contribution in [1.82, 2.24) is 0 Å². The Morgan fingerprint density at radius 2 is 2.27 bits per heavy atom. The van der Waals surface area contributed by atoms with Gasteiger partial charge in [0.05, 0.1) is 5.69 Å².